The Morgan fingerprint density at radius 2 is 2.00 bits per heavy atom. The van der Waals surface area contributed by atoms with E-state index in [0.717, 1.165) is 0 Å². The molecule has 1 rings (SSSR count). The molecule has 0 aromatic heterocycles. The standard InChI is InChI=1S/C18H25F2NO4/c1-13(2)12-21(10-11-23-3)16(22)9-8-14-6-5-7-15(24-4)17(14)25-18(19)20/h5-9,13,18H,10-12H2,1-4H3/b9-8+. The fourth-order valence-corrected chi connectivity index (χ4v) is 2.24. The van der Waals surface area contributed by atoms with E-state index in [-0.39, 0.29) is 17.4 Å². The smallest absolute Gasteiger partial charge is 0.387 e. The lowest BCUT2D eigenvalue weighted by Crippen LogP contribution is -2.35. The number of carbonyl (C=O) groups is 1. The van der Waals surface area contributed by atoms with Crippen molar-refractivity contribution >= 4 is 12.0 Å². The number of hydrogen-bond acceptors (Lipinski definition) is 4. The fourth-order valence-electron chi connectivity index (χ4n) is 2.24. The Labute approximate surface area is 147 Å². The van der Waals surface area contributed by atoms with Gasteiger partial charge in [-0.05, 0) is 18.1 Å². The first-order valence-electron chi connectivity index (χ1n) is 7.96. The molecule has 0 aliphatic rings. The summed E-state index contributed by atoms with van der Waals surface area (Å²) in [6.45, 7) is 2.48. The third kappa shape index (κ3) is 7.09. The molecular weight excluding hydrogens is 332 g/mol. The fraction of sp³-hybridized carbons (Fsp3) is 0.500. The molecule has 140 valence electrons. The van der Waals surface area contributed by atoms with Crippen molar-refractivity contribution in [2.75, 3.05) is 33.9 Å². The molecule has 5 nitrogen and oxygen atoms in total. The van der Waals surface area contributed by atoms with E-state index in [0.29, 0.717) is 31.2 Å². The molecule has 0 atom stereocenters. The van der Waals surface area contributed by atoms with Crippen molar-refractivity contribution in [3.8, 4) is 11.5 Å². The highest BCUT2D eigenvalue weighted by atomic mass is 19.3. The van der Waals surface area contributed by atoms with Crippen molar-refractivity contribution in [2.45, 2.75) is 20.5 Å². The van der Waals surface area contributed by atoms with Gasteiger partial charge in [0.25, 0.3) is 0 Å². The molecule has 1 aromatic carbocycles. The van der Waals surface area contributed by atoms with E-state index in [4.69, 9.17) is 9.47 Å². The van der Waals surface area contributed by atoms with Crippen molar-refractivity contribution in [3.05, 3.63) is 29.8 Å². The van der Waals surface area contributed by atoms with Gasteiger partial charge in [0.15, 0.2) is 11.5 Å². The number of amides is 1. The van der Waals surface area contributed by atoms with Crippen LogP contribution in [0.25, 0.3) is 6.08 Å². The first kappa shape index (κ1) is 20.9. The maximum absolute atomic E-state index is 12.6. The zero-order chi connectivity index (χ0) is 18.8. The molecule has 0 heterocycles. The summed E-state index contributed by atoms with van der Waals surface area (Å²) in [5.41, 5.74) is 0.337. The molecule has 7 heteroatoms. The van der Waals surface area contributed by atoms with E-state index >= 15 is 0 Å². The van der Waals surface area contributed by atoms with Gasteiger partial charge in [0.05, 0.1) is 13.7 Å². The molecule has 0 fully saturated rings. The monoisotopic (exact) mass is 357 g/mol. The van der Waals surface area contributed by atoms with Gasteiger partial charge in [0.1, 0.15) is 0 Å². The lowest BCUT2D eigenvalue weighted by molar-refractivity contribution is -0.127. The zero-order valence-corrected chi connectivity index (χ0v) is 15.0. The zero-order valence-electron chi connectivity index (χ0n) is 15.0. The minimum absolute atomic E-state index is 0.101. The highest BCUT2D eigenvalue weighted by molar-refractivity contribution is 5.92. The van der Waals surface area contributed by atoms with Crippen LogP contribution in [-0.4, -0.2) is 51.3 Å². The second kappa shape index (κ2) is 10.7. The lowest BCUT2D eigenvalue weighted by Gasteiger charge is -2.23. The molecule has 0 N–H and O–H groups in total. The van der Waals surface area contributed by atoms with Gasteiger partial charge < -0.3 is 19.1 Å². The summed E-state index contributed by atoms with van der Waals surface area (Å²) in [4.78, 5) is 14.1. The minimum Gasteiger partial charge on any atom is -0.493 e. The van der Waals surface area contributed by atoms with E-state index in [2.05, 4.69) is 4.74 Å². The van der Waals surface area contributed by atoms with Gasteiger partial charge in [0, 0.05) is 31.8 Å². The predicted molar refractivity (Wildman–Crippen MR) is 92.0 cm³/mol. The largest absolute Gasteiger partial charge is 0.493 e. The number of alkyl halides is 2. The highest BCUT2D eigenvalue weighted by Crippen LogP contribution is 2.33. The number of methoxy groups -OCH3 is 2. The van der Waals surface area contributed by atoms with Crippen molar-refractivity contribution in [1.82, 2.24) is 4.90 Å². The van der Waals surface area contributed by atoms with Gasteiger partial charge in [0.2, 0.25) is 5.91 Å². The number of benzene rings is 1. The van der Waals surface area contributed by atoms with Crippen LogP contribution in [0.1, 0.15) is 19.4 Å². The maximum Gasteiger partial charge on any atom is 0.387 e. The molecule has 0 aliphatic heterocycles. The van der Waals surface area contributed by atoms with Crippen LogP contribution in [0.3, 0.4) is 0 Å². The Bertz CT molecular complexity index is 576. The summed E-state index contributed by atoms with van der Waals surface area (Å²) in [5.74, 6) is 0.144. The lowest BCUT2D eigenvalue weighted by atomic mass is 10.1. The van der Waals surface area contributed by atoms with Gasteiger partial charge in [-0.1, -0.05) is 26.0 Å². The Hall–Kier alpha value is -2.15. The Morgan fingerprint density at radius 3 is 2.56 bits per heavy atom. The van der Waals surface area contributed by atoms with Crippen molar-refractivity contribution in [2.24, 2.45) is 5.92 Å². The first-order chi connectivity index (χ1) is 11.9. The van der Waals surface area contributed by atoms with Gasteiger partial charge in [-0.15, -0.1) is 0 Å². The summed E-state index contributed by atoms with van der Waals surface area (Å²) in [7, 11) is 2.93. The molecule has 25 heavy (non-hydrogen) atoms. The normalized spacial score (nSPS) is 11.4. The molecule has 0 unspecified atom stereocenters. The third-order valence-corrected chi connectivity index (χ3v) is 3.30. The molecule has 0 saturated carbocycles. The molecule has 1 amide bonds. The summed E-state index contributed by atoms with van der Waals surface area (Å²) >= 11 is 0. The molecule has 0 aliphatic carbocycles. The van der Waals surface area contributed by atoms with Crippen LogP contribution < -0.4 is 9.47 Å². The number of halogens is 2. The van der Waals surface area contributed by atoms with Gasteiger partial charge in [-0.2, -0.15) is 8.78 Å². The van der Waals surface area contributed by atoms with Crippen LogP contribution >= 0.6 is 0 Å². The van der Waals surface area contributed by atoms with E-state index in [1.165, 1.54) is 25.3 Å². The van der Waals surface area contributed by atoms with Crippen LogP contribution in [0.2, 0.25) is 0 Å². The number of para-hydroxylation sites is 1. The second-order valence-electron chi connectivity index (χ2n) is 5.76. The van der Waals surface area contributed by atoms with Gasteiger partial charge >= 0.3 is 6.61 Å². The van der Waals surface area contributed by atoms with Crippen LogP contribution in [0.15, 0.2) is 24.3 Å². The number of ether oxygens (including phenoxy) is 3. The predicted octanol–water partition coefficient (Wildman–Crippen LogP) is 3.44. The molecule has 0 spiro atoms. The van der Waals surface area contributed by atoms with E-state index in [1.807, 2.05) is 13.8 Å². The van der Waals surface area contributed by atoms with E-state index in [9.17, 15) is 13.6 Å². The number of rotatable bonds is 10. The SMILES string of the molecule is COCCN(CC(C)C)C(=O)/C=C/c1cccc(OC)c1OC(F)F. The quantitative estimate of drug-likeness (QED) is 0.602. The maximum atomic E-state index is 12.6. The topological polar surface area (TPSA) is 48.0 Å². The Balaban J connectivity index is 2.99. The Kier molecular flexibility index (Phi) is 8.91. The number of hydrogen-bond donors (Lipinski definition) is 0. The molecule has 0 radical (unpaired) electrons. The summed E-state index contributed by atoms with van der Waals surface area (Å²) in [5, 5.41) is 0. The van der Waals surface area contributed by atoms with Crippen LogP contribution in [0.4, 0.5) is 8.78 Å². The molecular formula is C18H25F2NO4. The average Bonchev–Trinajstić information content (AvgIpc) is 2.56. The molecule has 1 aromatic rings. The van der Waals surface area contributed by atoms with Gasteiger partial charge in [-0.25, -0.2) is 0 Å². The van der Waals surface area contributed by atoms with E-state index in [1.54, 1.807) is 24.1 Å². The second-order valence-corrected chi connectivity index (χ2v) is 5.76. The van der Waals surface area contributed by atoms with Crippen molar-refractivity contribution in [1.29, 1.82) is 0 Å². The van der Waals surface area contributed by atoms with Crippen molar-refractivity contribution in [3.63, 3.8) is 0 Å². The van der Waals surface area contributed by atoms with Crippen LogP contribution in [0, 0.1) is 5.92 Å². The minimum atomic E-state index is -2.99. The first-order valence-corrected chi connectivity index (χ1v) is 7.96. The summed E-state index contributed by atoms with van der Waals surface area (Å²) in [6.07, 6.45) is 2.79. The van der Waals surface area contributed by atoms with Gasteiger partial charge in [-0.3, -0.25) is 4.79 Å². The number of carbonyl (C=O) groups excluding carboxylic acids is 1. The highest BCUT2D eigenvalue weighted by Gasteiger charge is 2.15. The summed E-state index contributed by atoms with van der Waals surface area (Å²) in [6, 6.07) is 4.73. The number of nitrogens with zero attached hydrogens (tertiary/aromatic N) is 1. The van der Waals surface area contributed by atoms with E-state index < -0.39 is 6.61 Å². The van der Waals surface area contributed by atoms with Crippen LogP contribution in [0.5, 0.6) is 11.5 Å². The van der Waals surface area contributed by atoms with Crippen molar-refractivity contribution < 1.29 is 27.8 Å². The van der Waals surface area contributed by atoms with Crippen LogP contribution in [-0.2, 0) is 9.53 Å². The average molecular weight is 357 g/mol. The Morgan fingerprint density at radius 1 is 1.28 bits per heavy atom. The third-order valence-electron chi connectivity index (χ3n) is 3.30. The summed E-state index contributed by atoms with van der Waals surface area (Å²) < 4.78 is 39.9. The molecule has 0 bridgehead atoms. The molecule has 0 saturated heterocycles.